The van der Waals surface area contributed by atoms with Gasteiger partial charge in [-0.25, -0.2) is 0 Å². The molecule has 0 saturated carbocycles. The second-order valence-electron chi connectivity index (χ2n) is 5.20. The van der Waals surface area contributed by atoms with Crippen molar-refractivity contribution in [3.63, 3.8) is 0 Å². The average Bonchev–Trinajstić information content (AvgIpc) is 2.85. The van der Waals surface area contributed by atoms with Crippen LogP contribution >= 0.6 is 15.9 Å². The predicted octanol–water partition coefficient (Wildman–Crippen LogP) is 3.15. The van der Waals surface area contributed by atoms with Crippen LogP contribution in [0, 0.1) is 5.92 Å². The zero-order valence-electron chi connectivity index (χ0n) is 9.62. The topological polar surface area (TPSA) is 42.2 Å². The molecular formula is C13H16BrNO2. The number of hydrogen-bond donors (Lipinski definition) is 1. The first-order valence-electron chi connectivity index (χ1n) is 6.24. The normalized spacial score (nSPS) is 31.7. The van der Waals surface area contributed by atoms with E-state index in [-0.39, 0.29) is 5.78 Å². The van der Waals surface area contributed by atoms with Gasteiger partial charge in [-0.05, 0) is 53.6 Å². The highest BCUT2D eigenvalue weighted by atomic mass is 79.9. The van der Waals surface area contributed by atoms with E-state index in [4.69, 9.17) is 4.42 Å². The fourth-order valence-electron chi connectivity index (χ4n) is 3.19. The molecule has 1 aromatic rings. The fraction of sp³-hybridized carbons (Fsp3) is 0.615. The number of carbonyl (C=O) groups excluding carboxylic acids is 1. The molecule has 2 bridgehead atoms. The van der Waals surface area contributed by atoms with Crippen molar-refractivity contribution >= 4 is 21.7 Å². The molecule has 3 heterocycles. The summed E-state index contributed by atoms with van der Waals surface area (Å²) >= 11 is 3.34. The van der Waals surface area contributed by atoms with E-state index in [1.165, 1.54) is 12.8 Å². The van der Waals surface area contributed by atoms with Gasteiger partial charge in [0.1, 0.15) is 0 Å². The highest BCUT2D eigenvalue weighted by Gasteiger charge is 2.34. The second-order valence-corrected chi connectivity index (χ2v) is 6.05. The third kappa shape index (κ3) is 2.33. The number of halogens is 1. The molecule has 0 amide bonds. The maximum absolute atomic E-state index is 12.1. The third-order valence-corrected chi connectivity index (χ3v) is 4.54. The Balaban J connectivity index is 1.64. The van der Waals surface area contributed by atoms with Crippen molar-refractivity contribution in [2.24, 2.45) is 5.92 Å². The molecule has 0 aromatic carbocycles. The molecule has 2 unspecified atom stereocenters. The number of rotatable bonds is 3. The standard InChI is InChI=1S/C13H16BrNO2/c14-11-3-4-17-13(11)12(16)7-8-5-9-1-2-10(6-8)15-9/h3-4,8-10,15H,1-2,5-7H2. The van der Waals surface area contributed by atoms with Gasteiger partial charge in [0.15, 0.2) is 11.5 Å². The van der Waals surface area contributed by atoms with E-state index >= 15 is 0 Å². The van der Waals surface area contributed by atoms with Crippen molar-refractivity contribution in [1.29, 1.82) is 0 Å². The van der Waals surface area contributed by atoms with Crippen LogP contribution in [0.1, 0.15) is 42.7 Å². The largest absolute Gasteiger partial charge is 0.460 e. The van der Waals surface area contributed by atoms with E-state index in [0.29, 0.717) is 30.2 Å². The van der Waals surface area contributed by atoms with Gasteiger partial charge in [0.25, 0.3) is 0 Å². The SMILES string of the molecule is O=C(CC1CC2CCC(C1)N2)c1occc1Br. The molecular weight excluding hydrogens is 282 g/mol. The quantitative estimate of drug-likeness (QED) is 0.872. The average molecular weight is 298 g/mol. The lowest BCUT2D eigenvalue weighted by Gasteiger charge is -2.28. The number of Topliss-reactive ketones (excluding diaryl/α,β-unsaturated/α-hetero) is 1. The number of fused-ring (bicyclic) bond motifs is 2. The lowest BCUT2D eigenvalue weighted by atomic mass is 9.88. The van der Waals surface area contributed by atoms with Crippen LogP contribution in [-0.4, -0.2) is 17.9 Å². The minimum absolute atomic E-state index is 0.133. The van der Waals surface area contributed by atoms with Crippen molar-refractivity contribution in [2.45, 2.75) is 44.2 Å². The molecule has 2 saturated heterocycles. The highest BCUT2D eigenvalue weighted by molar-refractivity contribution is 9.10. The Morgan fingerprint density at radius 3 is 2.71 bits per heavy atom. The van der Waals surface area contributed by atoms with Crippen LogP contribution in [0.15, 0.2) is 21.2 Å². The molecule has 0 radical (unpaired) electrons. The molecule has 0 spiro atoms. The van der Waals surface area contributed by atoms with Crippen LogP contribution < -0.4 is 5.32 Å². The minimum atomic E-state index is 0.133. The number of piperidine rings is 1. The summed E-state index contributed by atoms with van der Waals surface area (Å²) in [6.07, 6.45) is 7.02. The molecule has 1 N–H and O–H groups in total. The molecule has 3 rings (SSSR count). The summed E-state index contributed by atoms with van der Waals surface area (Å²) in [7, 11) is 0. The van der Waals surface area contributed by atoms with Gasteiger partial charge in [-0.2, -0.15) is 0 Å². The van der Waals surface area contributed by atoms with Gasteiger partial charge >= 0.3 is 0 Å². The van der Waals surface area contributed by atoms with Gasteiger partial charge in [0.05, 0.1) is 10.7 Å². The van der Waals surface area contributed by atoms with Crippen molar-refractivity contribution in [2.75, 3.05) is 0 Å². The Morgan fingerprint density at radius 1 is 1.41 bits per heavy atom. The molecule has 2 atom stereocenters. The molecule has 0 aliphatic carbocycles. The summed E-state index contributed by atoms with van der Waals surface area (Å²) in [6, 6.07) is 3.07. The van der Waals surface area contributed by atoms with E-state index in [9.17, 15) is 4.79 Å². The van der Waals surface area contributed by atoms with Gasteiger partial charge in [-0.1, -0.05) is 0 Å². The Kier molecular flexibility index (Phi) is 3.09. The molecule has 4 heteroatoms. The minimum Gasteiger partial charge on any atom is -0.460 e. The van der Waals surface area contributed by atoms with Gasteiger partial charge in [0, 0.05) is 18.5 Å². The van der Waals surface area contributed by atoms with Gasteiger partial charge < -0.3 is 9.73 Å². The Labute approximate surface area is 109 Å². The molecule has 2 aliphatic heterocycles. The van der Waals surface area contributed by atoms with Crippen molar-refractivity contribution in [3.05, 3.63) is 22.6 Å². The number of furan rings is 1. The second kappa shape index (κ2) is 4.58. The van der Waals surface area contributed by atoms with Crippen LogP contribution in [0.5, 0.6) is 0 Å². The summed E-state index contributed by atoms with van der Waals surface area (Å²) in [5, 5.41) is 3.60. The Bertz CT molecular complexity index is 417. The van der Waals surface area contributed by atoms with E-state index in [0.717, 1.165) is 17.3 Å². The van der Waals surface area contributed by atoms with Crippen LogP contribution in [-0.2, 0) is 0 Å². The lowest BCUT2D eigenvalue weighted by Crippen LogP contribution is -2.38. The Morgan fingerprint density at radius 2 is 2.12 bits per heavy atom. The van der Waals surface area contributed by atoms with E-state index in [2.05, 4.69) is 21.2 Å². The van der Waals surface area contributed by atoms with E-state index in [1.54, 1.807) is 12.3 Å². The van der Waals surface area contributed by atoms with Crippen LogP contribution in [0.4, 0.5) is 0 Å². The fourth-order valence-corrected chi connectivity index (χ4v) is 3.61. The molecule has 2 aliphatic rings. The number of hydrogen-bond acceptors (Lipinski definition) is 3. The molecule has 1 aromatic heterocycles. The van der Waals surface area contributed by atoms with E-state index in [1.807, 2.05) is 0 Å². The highest BCUT2D eigenvalue weighted by Crippen LogP contribution is 2.34. The molecule has 92 valence electrons. The number of carbonyl (C=O) groups is 1. The third-order valence-electron chi connectivity index (χ3n) is 3.92. The first-order valence-corrected chi connectivity index (χ1v) is 7.04. The first-order chi connectivity index (χ1) is 8.22. The maximum Gasteiger partial charge on any atom is 0.199 e. The monoisotopic (exact) mass is 297 g/mol. The summed E-state index contributed by atoms with van der Waals surface area (Å²) < 4.78 is 6.00. The zero-order chi connectivity index (χ0) is 11.8. The van der Waals surface area contributed by atoms with Gasteiger partial charge in [-0.3, -0.25) is 4.79 Å². The number of ketones is 1. The van der Waals surface area contributed by atoms with Crippen LogP contribution in [0.2, 0.25) is 0 Å². The summed E-state index contributed by atoms with van der Waals surface area (Å²) in [6.45, 7) is 0. The molecule has 17 heavy (non-hydrogen) atoms. The first kappa shape index (κ1) is 11.5. The smallest absolute Gasteiger partial charge is 0.199 e. The lowest BCUT2D eigenvalue weighted by molar-refractivity contribution is 0.0917. The van der Waals surface area contributed by atoms with Crippen molar-refractivity contribution in [1.82, 2.24) is 5.32 Å². The zero-order valence-corrected chi connectivity index (χ0v) is 11.2. The maximum atomic E-state index is 12.1. The Hall–Kier alpha value is -0.610. The van der Waals surface area contributed by atoms with Crippen LogP contribution in [0.3, 0.4) is 0 Å². The summed E-state index contributed by atoms with van der Waals surface area (Å²) in [5.74, 6) is 1.14. The van der Waals surface area contributed by atoms with Crippen molar-refractivity contribution in [3.8, 4) is 0 Å². The van der Waals surface area contributed by atoms with Crippen LogP contribution in [0.25, 0.3) is 0 Å². The van der Waals surface area contributed by atoms with Gasteiger partial charge in [-0.15, -0.1) is 0 Å². The van der Waals surface area contributed by atoms with Crippen molar-refractivity contribution < 1.29 is 9.21 Å². The molecule has 3 nitrogen and oxygen atoms in total. The van der Waals surface area contributed by atoms with E-state index < -0.39 is 0 Å². The van der Waals surface area contributed by atoms with Gasteiger partial charge in [0.2, 0.25) is 0 Å². The number of nitrogens with one attached hydrogen (secondary N) is 1. The predicted molar refractivity (Wildman–Crippen MR) is 68.0 cm³/mol. The summed E-state index contributed by atoms with van der Waals surface area (Å²) in [4.78, 5) is 12.1. The summed E-state index contributed by atoms with van der Waals surface area (Å²) in [5.41, 5.74) is 0. The molecule has 2 fully saturated rings.